The van der Waals surface area contributed by atoms with E-state index in [0.717, 1.165) is 12.6 Å². The number of anilines is 2. The molecule has 3 heteroatoms. The molecule has 23 heavy (non-hydrogen) atoms. The van der Waals surface area contributed by atoms with E-state index in [-0.39, 0.29) is 0 Å². The number of para-hydroxylation sites is 2. The summed E-state index contributed by atoms with van der Waals surface area (Å²) in [5, 5.41) is 0. The predicted molar refractivity (Wildman–Crippen MR) is 98.6 cm³/mol. The first-order valence-electron chi connectivity index (χ1n) is 8.71. The van der Waals surface area contributed by atoms with Crippen molar-refractivity contribution in [3.63, 3.8) is 0 Å². The third-order valence-corrected chi connectivity index (χ3v) is 6.29. The van der Waals surface area contributed by atoms with Crippen LogP contribution in [0.5, 0.6) is 0 Å². The van der Waals surface area contributed by atoms with E-state index in [1.807, 2.05) is 11.8 Å². The van der Waals surface area contributed by atoms with Crippen molar-refractivity contribution in [1.82, 2.24) is 4.90 Å². The Balaban J connectivity index is 1.60. The first-order valence-corrected chi connectivity index (χ1v) is 9.52. The lowest BCUT2D eigenvalue weighted by Crippen LogP contribution is -2.41. The second kappa shape index (κ2) is 6.58. The van der Waals surface area contributed by atoms with Gasteiger partial charge in [-0.15, -0.1) is 0 Å². The summed E-state index contributed by atoms with van der Waals surface area (Å²) in [6, 6.07) is 17.6. The third kappa shape index (κ3) is 3.00. The van der Waals surface area contributed by atoms with Crippen LogP contribution in [0.4, 0.5) is 11.4 Å². The minimum atomic E-state index is 0.933. The number of rotatable bonds is 3. The normalized spacial score (nSPS) is 18.6. The van der Waals surface area contributed by atoms with Crippen molar-refractivity contribution in [3.05, 3.63) is 48.5 Å². The van der Waals surface area contributed by atoms with E-state index in [2.05, 4.69) is 65.3 Å². The number of piperidine rings is 1. The molecule has 0 atom stereocenters. The van der Waals surface area contributed by atoms with Crippen molar-refractivity contribution in [3.8, 4) is 0 Å². The van der Waals surface area contributed by atoms with Gasteiger partial charge < -0.3 is 4.90 Å². The van der Waals surface area contributed by atoms with Crippen LogP contribution in [0.2, 0.25) is 0 Å². The molecule has 2 aliphatic rings. The molecule has 0 N–H and O–H groups in total. The van der Waals surface area contributed by atoms with Gasteiger partial charge in [0.25, 0.3) is 0 Å². The van der Waals surface area contributed by atoms with Gasteiger partial charge in [-0.25, -0.2) is 0 Å². The van der Waals surface area contributed by atoms with Gasteiger partial charge >= 0.3 is 0 Å². The van der Waals surface area contributed by atoms with Gasteiger partial charge in [-0.2, -0.15) is 0 Å². The number of fused-ring (bicyclic) bond motifs is 2. The van der Waals surface area contributed by atoms with E-state index < -0.39 is 0 Å². The van der Waals surface area contributed by atoms with Crippen LogP contribution in [0, 0.1) is 5.92 Å². The summed E-state index contributed by atoms with van der Waals surface area (Å²) < 4.78 is 0. The minimum Gasteiger partial charge on any atom is -0.326 e. The van der Waals surface area contributed by atoms with E-state index in [9.17, 15) is 0 Å². The topological polar surface area (TPSA) is 6.48 Å². The molecule has 2 aromatic rings. The Morgan fingerprint density at radius 3 is 2.04 bits per heavy atom. The van der Waals surface area contributed by atoms with Crippen molar-refractivity contribution in [2.45, 2.75) is 36.0 Å². The number of hydrogen-bond acceptors (Lipinski definition) is 3. The molecular formula is C20H24N2S. The average Bonchev–Trinajstić information content (AvgIpc) is 2.62. The molecule has 120 valence electrons. The Labute approximate surface area is 143 Å². The molecule has 2 nitrogen and oxygen atoms in total. The van der Waals surface area contributed by atoms with Gasteiger partial charge in [0.2, 0.25) is 0 Å². The van der Waals surface area contributed by atoms with Crippen LogP contribution in [-0.2, 0) is 0 Å². The highest BCUT2D eigenvalue weighted by Crippen LogP contribution is 2.47. The van der Waals surface area contributed by atoms with Crippen LogP contribution in [0.25, 0.3) is 0 Å². The van der Waals surface area contributed by atoms with Gasteiger partial charge in [0.15, 0.2) is 0 Å². The van der Waals surface area contributed by atoms with Gasteiger partial charge in [-0.3, -0.25) is 4.90 Å². The molecule has 4 rings (SSSR count). The molecule has 0 saturated carbocycles. The standard InChI is InChI=1S/C20H24N2S/c1-2-16-11-13-21(14-12-16)15-22-17-7-3-5-9-19(17)23-20-10-6-4-8-18(20)22/h3-10,16H,2,11-15H2,1H3. The molecule has 0 unspecified atom stereocenters. The Morgan fingerprint density at radius 1 is 0.913 bits per heavy atom. The molecule has 0 aromatic heterocycles. The van der Waals surface area contributed by atoms with Crippen LogP contribution in [0.15, 0.2) is 58.3 Å². The van der Waals surface area contributed by atoms with E-state index in [1.54, 1.807) is 0 Å². The SMILES string of the molecule is CCC1CCN(CN2c3ccccc3Sc3ccccc32)CC1. The second-order valence-corrected chi connectivity index (χ2v) is 7.66. The average molecular weight is 324 g/mol. The summed E-state index contributed by atoms with van der Waals surface area (Å²) in [4.78, 5) is 7.87. The first kappa shape index (κ1) is 15.1. The Morgan fingerprint density at radius 2 is 1.48 bits per heavy atom. The molecule has 1 saturated heterocycles. The van der Waals surface area contributed by atoms with Crippen molar-refractivity contribution >= 4 is 23.1 Å². The van der Waals surface area contributed by atoms with Crippen molar-refractivity contribution in [2.75, 3.05) is 24.7 Å². The summed E-state index contributed by atoms with van der Waals surface area (Å²) in [5.41, 5.74) is 2.71. The number of hydrogen-bond donors (Lipinski definition) is 0. The fourth-order valence-corrected chi connectivity index (χ4v) is 4.77. The number of likely N-dealkylation sites (tertiary alicyclic amines) is 1. The summed E-state index contributed by atoms with van der Waals surface area (Å²) in [5.74, 6) is 0.933. The summed E-state index contributed by atoms with van der Waals surface area (Å²) in [6.45, 7) is 5.79. The van der Waals surface area contributed by atoms with Crippen molar-refractivity contribution in [1.29, 1.82) is 0 Å². The Kier molecular flexibility index (Phi) is 4.32. The van der Waals surface area contributed by atoms with E-state index in [4.69, 9.17) is 0 Å². The summed E-state index contributed by atoms with van der Waals surface area (Å²) in [6.07, 6.45) is 4.03. The quantitative estimate of drug-likeness (QED) is 0.749. The first-order chi connectivity index (χ1) is 11.3. The third-order valence-electron chi connectivity index (χ3n) is 5.16. The lowest BCUT2D eigenvalue weighted by molar-refractivity contribution is 0.185. The van der Waals surface area contributed by atoms with Gasteiger partial charge in [-0.05, 0) is 43.0 Å². The molecule has 0 bridgehead atoms. The highest BCUT2D eigenvalue weighted by molar-refractivity contribution is 7.99. The molecule has 2 aromatic carbocycles. The maximum absolute atomic E-state index is 2.62. The zero-order valence-corrected chi connectivity index (χ0v) is 14.6. The summed E-state index contributed by atoms with van der Waals surface area (Å²) >= 11 is 1.89. The smallest absolute Gasteiger partial charge is 0.0757 e. The van der Waals surface area contributed by atoms with Crippen LogP contribution in [0.3, 0.4) is 0 Å². The highest BCUT2D eigenvalue weighted by Gasteiger charge is 2.26. The fourth-order valence-electron chi connectivity index (χ4n) is 3.67. The molecule has 0 spiro atoms. The molecule has 0 amide bonds. The van der Waals surface area contributed by atoms with E-state index in [0.29, 0.717) is 0 Å². The molecular weight excluding hydrogens is 300 g/mol. The summed E-state index contributed by atoms with van der Waals surface area (Å²) in [7, 11) is 0. The highest BCUT2D eigenvalue weighted by atomic mass is 32.2. The Hall–Kier alpha value is -1.45. The largest absolute Gasteiger partial charge is 0.326 e. The lowest BCUT2D eigenvalue weighted by atomic mass is 9.95. The predicted octanol–water partition coefficient (Wildman–Crippen LogP) is 5.37. The lowest BCUT2D eigenvalue weighted by Gasteiger charge is -2.39. The molecule has 0 radical (unpaired) electrons. The second-order valence-electron chi connectivity index (χ2n) is 6.58. The fraction of sp³-hybridized carbons (Fsp3) is 0.400. The van der Waals surface area contributed by atoms with E-state index >= 15 is 0 Å². The number of benzene rings is 2. The van der Waals surface area contributed by atoms with Gasteiger partial charge in [0.05, 0.1) is 18.0 Å². The monoisotopic (exact) mass is 324 g/mol. The zero-order chi connectivity index (χ0) is 15.6. The number of nitrogens with zero attached hydrogens (tertiary/aromatic N) is 2. The van der Waals surface area contributed by atoms with Crippen LogP contribution < -0.4 is 4.90 Å². The molecule has 0 aliphatic carbocycles. The van der Waals surface area contributed by atoms with Gasteiger partial charge in [0.1, 0.15) is 0 Å². The van der Waals surface area contributed by atoms with Crippen molar-refractivity contribution < 1.29 is 0 Å². The van der Waals surface area contributed by atoms with Gasteiger partial charge in [0, 0.05) is 22.9 Å². The molecule has 1 fully saturated rings. The van der Waals surface area contributed by atoms with Gasteiger partial charge in [-0.1, -0.05) is 49.4 Å². The van der Waals surface area contributed by atoms with Crippen LogP contribution >= 0.6 is 11.8 Å². The minimum absolute atomic E-state index is 0.933. The van der Waals surface area contributed by atoms with E-state index in [1.165, 1.54) is 53.5 Å². The van der Waals surface area contributed by atoms with Crippen LogP contribution in [0.1, 0.15) is 26.2 Å². The molecule has 2 aliphatic heterocycles. The Bertz CT molecular complexity index is 631. The maximum Gasteiger partial charge on any atom is 0.0757 e. The van der Waals surface area contributed by atoms with Crippen LogP contribution in [-0.4, -0.2) is 24.7 Å². The zero-order valence-electron chi connectivity index (χ0n) is 13.7. The molecule has 2 heterocycles. The maximum atomic E-state index is 2.62. The van der Waals surface area contributed by atoms with Crippen molar-refractivity contribution in [2.24, 2.45) is 5.92 Å².